The number of nitrogens with zero attached hydrogens (tertiary/aromatic N) is 3. The Morgan fingerprint density at radius 3 is 3.00 bits per heavy atom. The standard InChI is InChI=1S/C12H16N4S/c1-13-11-9-5-6-17-12(9)15-10(14-11)7-16(2)8-3-4-8/h5-6,8H,3-4,7H2,1-2H3,(H,13,14,15). The van der Waals surface area contributed by atoms with Crippen LogP contribution < -0.4 is 5.32 Å². The average Bonchev–Trinajstić information content (AvgIpc) is 3.07. The second-order valence-electron chi connectivity index (χ2n) is 4.52. The Balaban J connectivity index is 1.92. The Bertz CT molecular complexity index is 532. The third-order valence-electron chi connectivity index (χ3n) is 3.17. The number of nitrogens with one attached hydrogen (secondary N) is 1. The minimum atomic E-state index is 0.746. The Labute approximate surface area is 105 Å². The highest BCUT2D eigenvalue weighted by molar-refractivity contribution is 7.16. The van der Waals surface area contributed by atoms with Gasteiger partial charge in [-0.1, -0.05) is 0 Å². The molecule has 1 aliphatic rings. The molecule has 2 heterocycles. The number of fused-ring (bicyclic) bond motifs is 1. The Hall–Kier alpha value is -1.20. The van der Waals surface area contributed by atoms with E-state index in [1.165, 1.54) is 12.8 Å². The lowest BCUT2D eigenvalue weighted by molar-refractivity contribution is 0.308. The monoisotopic (exact) mass is 248 g/mol. The summed E-state index contributed by atoms with van der Waals surface area (Å²) in [6.45, 7) is 0.840. The summed E-state index contributed by atoms with van der Waals surface area (Å²) in [5.41, 5.74) is 0. The maximum atomic E-state index is 4.62. The molecule has 1 saturated carbocycles. The van der Waals surface area contributed by atoms with Gasteiger partial charge in [0.05, 0.1) is 11.9 Å². The third kappa shape index (κ3) is 2.12. The van der Waals surface area contributed by atoms with Crippen molar-refractivity contribution < 1.29 is 0 Å². The summed E-state index contributed by atoms with van der Waals surface area (Å²) < 4.78 is 0. The molecule has 90 valence electrons. The zero-order chi connectivity index (χ0) is 11.8. The summed E-state index contributed by atoms with van der Waals surface area (Å²) in [5, 5.41) is 6.34. The van der Waals surface area contributed by atoms with Crippen molar-refractivity contribution in [3.63, 3.8) is 0 Å². The van der Waals surface area contributed by atoms with Gasteiger partial charge in [0.2, 0.25) is 0 Å². The predicted octanol–water partition coefficient (Wildman–Crippen LogP) is 2.33. The van der Waals surface area contributed by atoms with Crippen molar-refractivity contribution in [1.29, 1.82) is 0 Å². The van der Waals surface area contributed by atoms with Gasteiger partial charge >= 0.3 is 0 Å². The van der Waals surface area contributed by atoms with Gasteiger partial charge in [-0.05, 0) is 31.3 Å². The highest BCUT2D eigenvalue weighted by Crippen LogP contribution is 2.28. The maximum Gasteiger partial charge on any atom is 0.146 e. The van der Waals surface area contributed by atoms with Crippen molar-refractivity contribution in [1.82, 2.24) is 14.9 Å². The molecule has 0 radical (unpaired) electrons. The van der Waals surface area contributed by atoms with Crippen LogP contribution in [0.15, 0.2) is 11.4 Å². The number of thiophene rings is 1. The molecule has 1 fully saturated rings. The van der Waals surface area contributed by atoms with E-state index in [9.17, 15) is 0 Å². The van der Waals surface area contributed by atoms with Gasteiger partial charge in [-0.15, -0.1) is 11.3 Å². The Morgan fingerprint density at radius 2 is 2.29 bits per heavy atom. The highest BCUT2D eigenvalue weighted by atomic mass is 32.1. The van der Waals surface area contributed by atoms with Gasteiger partial charge in [-0.3, -0.25) is 4.90 Å². The molecule has 0 spiro atoms. The molecule has 0 aliphatic heterocycles. The molecule has 0 bridgehead atoms. The number of aromatic nitrogens is 2. The fourth-order valence-corrected chi connectivity index (χ4v) is 2.81. The zero-order valence-corrected chi connectivity index (χ0v) is 10.9. The van der Waals surface area contributed by atoms with Crippen molar-refractivity contribution in [3.8, 4) is 0 Å². The van der Waals surface area contributed by atoms with Crippen LogP contribution in [0.1, 0.15) is 18.7 Å². The number of hydrogen-bond donors (Lipinski definition) is 1. The normalized spacial score (nSPS) is 15.7. The largest absolute Gasteiger partial charge is 0.372 e. The third-order valence-corrected chi connectivity index (χ3v) is 3.98. The molecular formula is C12H16N4S. The van der Waals surface area contributed by atoms with E-state index in [0.29, 0.717) is 0 Å². The van der Waals surface area contributed by atoms with E-state index in [-0.39, 0.29) is 0 Å². The first-order valence-corrected chi connectivity index (χ1v) is 6.78. The summed E-state index contributed by atoms with van der Waals surface area (Å²) in [5.74, 6) is 1.86. The lowest BCUT2D eigenvalue weighted by Gasteiger charge is -2.14. The van der Waals surface area contributed by atoms with E-state index in [1.54, 1.807) is 11.3 Å². The quantitative estimate of drug-likeness (QED) is 0.901. The summed E-state index contributed by atoms with van der Waals surface area (Å²) >= 11 is 1.67. The number of hydrogen-bond acceptors (Lipinski definition) is 5. The van der Waals surface area contributed by atoms with Crippen molar-refractivity contribution in [2.45, 2.75) is 25.4 Å². The number of rotatable bonds is 4. The van der Waals surface area contributed by atoms with E-state index in [0.717, 1.165) is 34.4 Å². The predicted molar refractivity (Wildman–Crippen MR) is 71.5 cm³/mol. The van der Waals surface area contributed by atoms with Crippen molar-refractivity contribution >= 4 is 27.4 Å². The second-order valence-corrected chi connectivity index (χ2v) is 5.42. The minimum absolute atomic E-state index is 0.746. The SMILES string of the molecule is CNc1nc(CN(C)C2CC2)nc2sccc12. The molecular weight excluding hydrogens is 232 g/mol. The minimum Gasteiger partial charge on any atom is -0.372 e. The fraction of sp³-hybridized carbons (Fsp3) is 0.500. The van der Waals surface area contributed by atoms with Crippen LogP contribution >= 0.6 is 11.3 Å². The molecule has 3 rings (SSSR count). The van der Waals surface area contributed by atoms with E-state index in [2.05, 4.69) is 38.7 Å². The van der Waals surface area contributed by atoms with Gasteiger partial charge in [0.15, 0.2) is 0 Å². The van der Waals surface area contributed by atoms with E-state index in [1.807, 2.05) is 7.05 Å². The van der Waals surface area contributed by atoms with Crippen LogP contribution in [-0.2, 0) is 6.54 Å². The molecule has 4 nitrogen and oxygen atoms in total. The smallest absolute Gasteiger partial charge is 0.146 e. The average molecular weight is 248 g/mol. The molecule has 5 heteroatoms. The van der Waals surface area contributed by atoms with Crippen LogP contribution in [0.5, 0.6) is 0 Å². The Morgan fingerprint density at radius 1 is 1.47 bits per heavy atom. The summed E-state index contributed by atoms with van der Waals surface area (Å²) in [6, 6.07) is 2.82. The first kappa shape index (κ1) is 10.9. The van der Waals surface area contributed by atoms with Crippen LogP contribution in [0.3, 0.4) is 0 Å². The second kappa shape index (κ2) is 4.23. The van der Waals surface area contributed by atoms with Crippen molar-refractivity contribution in [3.05, 3.63) is 17.3 Å². The van der Waals surface area contributed by atoms with Crippen molar-refractivity contribution in [2.75, 3.05) is 19.4 Å². The lowest BCUT2D eigenvalue weighted by atomic mass is 10.3. The summed E-state index contributed by atoms with van der Waals surface area (Å²) in [6.07, 6.45) is 2.63. The van der Waals surface area contributed by atoms with Crippen LogP contribution in [-0.4, -0.2) is 35.0 Å². The van der Waals surface area contributed by atoms with E-state index < -0.39 is 0 Å². The van der Waals surface area contributed by atoms with Crippen molar-refractivity contribution in [2.24, 2.45) is 0 Å². The molecule has 0 atom stereocenters. The van der Waals surface area contributed by atoms with Gasteiger partial charge in [-0.2, -0.15) is 0 Å². The lowest BCUT2D eigenvalue weighted by Crippen LogP contribution is -2.21. The van der Waals surface area contributed by atoms with Gasteiger partial charge in [0.1, 0.15) is 16.5 Å². The molecule has 2 aromatic heterocycles. The first-order chi connectivity index (χ1) is 8.28. The van der Waals surface area contributed by atoms with Crippen LogP contribution in [0.4, 0.5) is 5.82 Å². The molecule has 17 heavy (non-hydrogen) atoms. The molecule has 1 N–H and O–H groups in total. The van der Waals surface area contributed by atoms with Gasteiger partial charge in [-0.25, -0.2) is 9.97 Å². The van der Waals surface area contributed by atoms with E-state index in [4.69, 9.17) is 0 Å². The highest BCUT2D eigenvalue weighted by Gasteiger charge is 2.26. The fourth-order valence-electron chi connectivity index (χ4n) is 2.03. The summed E-state index contributed by atoms with van der Waals surface area (Å²) in [7, 11) is 4.06. The van der Waals surface area contributed by atoms with E-state index >= 15 is 0 Å². The summed E-state index contributed by atoms with van der Waals surface area (Å²) in [4.78, 5) is 12.6. The molecule has 0 aromatic carbocycles. The van der Waals surface area contributed by atoms with Crippen LogP contribution in [0.2, 0.25) is 0 Å². The molecule has 0 amide bonds. The number of anilines is 1. The van der Waals surface area contributed by atoms with Crippen LogP contribution in [0, 0.1) is 0 Å². The molecule has 0 unspecified atom stereocenters. The first-order valence-electron chi connectivity index (χ1n) is 5.90. The van der Waals surface area contributed by atoms with Gasteiger partial charge in [0.25, 0.3) is 0 Å². The molecule has 1 aliphatic carbocycles. The Kier molecular flexibility index (Phi) is 2.72. The van der Waals surface area contributed by atoms with Gasteiger partial charge in [0, 0.05) is 13.1 Å². The zero-order valence-electron chi connectivity index (χ0n) is 10.1. The molecule has 2 aromatic rings. The molecule has 0 saturated heterocycles. The topological polar surface area (TPSA) is 41.1 Å². The van der Waals surface area contributed by atoms with Crippen LogP contribution in [0.25, 0.3) is 10.2 Å². The maximum absolute atomic E-state index is 4.62. The van der Waals surface area contributed by atoms with Gasteiger partial charge < -0.3 is 5.32 Å².